The summed E-state index contributed by atoms with van der Waals surface area (Å²) in [5.41, 5.74) is 2.09. The molecule has 3 rings (SSSR count). The lowest BCUT2D eigenvalue weighted by Gasteiger charge is -2.23. The number of benzene rings is 1. The monoisotopic (exact) mass is 326 g/mol. The maximum absolute atomic E-state index is 12.6. The highest BCUT2D eigenvalue weighted by Crippen LogP contribution is 2.23. The molecule has 0 radical (unpaired) electrons. The topological polar surface area (TPSA) is 50.2 Å². The van der Waals surface area contributed by atoms with E-state index in [2.05, 4.69) is 27.0 Å². The number of imidazole rings is 1. The van der Waals surface area contributed by atoms with Crippen LogP contribution in [0.5, 0.6) is 0 Å². The van der Waals surface area contributed by atoms with Gasteiger partial charge in [-0.3, -0.25) is 4.79 Å². The highest BCUT2D eigenvalue weighted by atomic mass is 16.2. The number of nitrogens with zero attached hydrogens (tertiary/aromatic N) is 3. The summed E-state index contributed by atoms with van der Waals surface area (Å²) in [6.07, 6.45) is 6.18. The average Bonchev–Trinajstić information content (AvgIpc) is 3.05. The van der Waals surface area contributed by atoms with Crippen molar-refractivity contribution in [1.82, 2.24) is 19.8 Å². The Morgan fingerprint density at radius 1 is 1.38 bits per heavy atom. The van der Waals surface area contributed by atoms with Crippen molar-refractivity contribution in [3.8, 4) is 0 Å². The van der Waals surface area contributed by atoms with Gasteiger partial charge in [-0.15, -0.1) is 0 Å². The zero-order chi connectivity index (χ0) is 16.9. The van der Waals surface area contributed by atoms with E-state index >= 15 is 0 Å². The van der Waals surface area contributed by atoms with Gasteiger partial charge in [0, 0.05) is 44.6 Å². The van der Waals surface area contributed by atoms with Crippen LogP contribution in [0.25, 0.3) is 0 Å². The van der Waals surface area contributed by atoms with Crippen molar-refractivity contribution in [2.45, 2.75) is 32.2 Å². The Balaban J connectivity index is 1.58. The highest BCUT2D eigenvalue weighted by Gasteiger charge is 2.16. The Morgan fingerprint density at radius 3 is 2.79 bits per heavy atom. The van der Waals surface area contributed by atoms with E-state index in [1.165, 1.54) is 18.4 Å². The highest BCUT2D eigenvalue weighted by molar-refractivity contribution is 5.94. The summed E-state index contributed by atoms with van der Waals surface area (Å²) in [7, 11) is 1.85. The summed E-state index contributed by atoms with van der Waals surface area (Å²) in [6.45, 7) is 5.57. The van der Waals surface area contributed by atoms with E-state index < -0.39 is 0 Å². The minimum absolute atomic E-state index is 0.0705. The van der Waals surface area contributed by atoms with Crippen LogP contribution in [0, 0.1) is 6.92 Å². The number of hydrogen-bond acceptors (Lipinski definition) is 3. The molecule has 24 heavy (non-hydrogen) atoms. The number of carbonyl (C=O) groups excluding carboxylic acids is 1. The summed E-state index contributed by atoms with van der Waals surface area (Å²) in [5.74, 6) is 1.62. The van der Waals surface area contributed by atoms with E-state index in [1.807, 2.05) is 32.3 Å². The number of likely N-dealkylation sites (N-methyl/N-ethyl adjacent to an activating group) is 1. The first-order valence-electron chi connectivity index (χ1n) is 8.69. The molecule has 1 aliphatic heterocycles. The van der Waals surface area contributed by atoms with Crippen LogP contribution in [0.3, 0.4) is 0 Å². The minimum Gasteiger partial charge on any atom is -0.340 e. The number of hydrogen-bond donors (Lipinski definition) is 1. The molecule has 128 valence electrons. The minimum atomic E-state index is 0.0705. The van der Waals surface area contributed by atoms with Gasteiger partial charge in [0.25, 0.3) is 5.91 Å². The van der Waals surface area contributed by atoms with E-state index in [1.54, 1.807) is 11.1 Å². The fourth-order valence-corrected chi connectivity index (χ4v) is 3.25. The van der Waals surface area contributed by atoms with Gasteiger partial charge in [-0.05, 0) is 49.9 Å². The van der Waals surface area contributed by atoms with Gasteiger partial charge in [-0.1, -0.05) is 12.1 Å². The number of aryl methyl sites for hydroxylation is 1. The van der Waals surface area contributed by atoms with Gasteiger partial charge in [-0.25, -0.2) is 4.98 Å². The van der Waals surface area contributed by atoms with Crippen LogP contribution in [0.2, 0.25) is 0 Å². The van der Waals surface area contributed by atoms with Crippen LogP contribution in [0.15, 0.2) is 36.7 Å². The standard InChI is InChI=1S/C19H26N4O/c1-15-21-10-11-23(15)13-12-22(2)19(24)17-7-5-16(6-8-17)18-4-3-9-20-14-18/h5-8,10-11,18,20H,3-4,9,12-14H2,1-2H3/t18-/m0/s1. The van der Waals surface area contributed by atoms with Gasteiger partial charge in [-0.2, -0.15) is 0 Å². The van der Waals surface area contributed by atoms with Crippen LogP contribution in [0.1, 0.15) is 40.5 Å². The molecule has 0 saturated carbocycles. The van der Waals surface area contributed by atoms with E-state index in [0.717, 1.165) is 31.0 Å². The molecule has 0 unspecified atom stereocenters. The van der Waals surface area contributed by atoms with Gasteiger partial charge in [0.2, 0.25) is 0 Å². The fourth-order valence-electron chi connectivity index (χ4n) is 3.25. The number of aromatic nitrogens is 2. The molecular formula is C19H26N4O. The predicted molar refractivity (Wildman–Crippen MR) is 95.2 cm³/mol. The largest absolute Gasteiger partial charge is 0.340 e. The van der Waals surface area contributed by atoms with Crippen LogP contribution >= 0.6 is 0 Å². The van der Waals surface area contributed by atoms with E-state index in [0.29, 0.717) is 12.5 Å². The maximum Gasteiger partial charge on any atom is 0.253 e. The van der Waals surface area contributed by atoms with Crippen molar-refractivity contribution in [1.29, 1.82) is 0 Å². The third-order valence-electron chi connectivity index (χ3n) is 4.87. The average molecular weight is 326 g/mol. The molecule has 1 aromatic carbocycles. The normalized spacial score (nSPS) is 17.7. The molecule has 5 heteroatoms. The number of carbonyl (C=O) groups is 1. The number of rotatable bonds is 5. The van der Waals surface area contributed by atoms with Crippen LogP contribution in [0.4, 0.5) is 0 Å². The summed E-state index contributed by atoms with van der Waals surface area (Å²) in [5, 5.41) is 3.44. The summed E-state index contributed by atoms with van der Waals surface area (Å²) >= 11 is 0. The van der Waals surface area contributed by atoms with Gasteiger partial charge in [0.15, 0.2) is 0 Å². The van der Waals surface area contributed by atoms with Crippen molar-refractivity contribution >= 4 is 5.91 Å². The molecule has 0 aliphatic carbocycles. The molecule has 1 amide bonds. The first-order valence-corrected chi connectivity index (χ1v) is 8.69. The van der Waals surface area contributed by atoms with Crippen molar-refractivity contribution in [3.05, 3.63) is 53.6 Å². The van der Waals surface area contributed by atoms with Crippen molar-refractivity contribution in [2.24, 2.45) is 0 Å². The molecule has 1 fully saturated rings. The van der Waals surface area contributed by atoms with Crippen molar-refractivity contribution in [3.63, 3.8) is 0 Å². The van der Waals surface area contributed by atoms with Gasteiger partial charge < -0.3 is 14.8 Å². The molecule has 2 aromatic rings. The molecule has 5 nitrogen and oxygen atoms in total. The van der Waals surface area contributed by atoms with Gasteiger partial charge in [0.1, 0.15) is 5.82 Å². The second-order valence-electron chi connectivity index (χ2n) is 6.56. The molecule has 1 aliphatic rings. The van der Waals surface area contributed by atoms with E-state index in [9.17, 15) is 4.79 Å². The molecule has 1 atom stereocenters. The first kappa shape index (κ1) is 16.7. The number of nitrogens with one attached hydrogen (secondary N) is 1. The maximum atomic E-state index is 12.6. The third kappa shape index (κ3) is 3.85. The van der Waals surface area contributed by atoms with Crippen molar-refractivity contribution in [2.75, 3.05) is 26.7 Å². The Bertz CT molecular complexity index is 671. The lowest BCUT2D eigenvalue weighted by Crippen LogP contribution is -2.30. The SMILES string of the molecule is Cc1nccn1CCN(C)C(=O)c1ccc([C@H]2CCCNC2)cc1. The van der Waals surface area contributed by atoms with Crippen LogP contribution in [-0.4, -0.2) is 47.0 Å². The van der Waals surface area contributed by atoms with Crippen LogP contribution < -0.4 is 5.32 Å². The first-order chi connectivity index (χ1) is 11.6. The van der Waals surface area contributed by atoms with E-state index in [-0.39, 0.29) is 5.91 Å². The molecular weight excluding hydrogens is 300 g/mol. The quantitative estimate of drug-likeness (QED) is 0.918. The lowest BCUT2D eigenvalue weighted by atomic mass is 9.91. The van der Waals surface area contributed by atoms with E-state index in [4.69, 9.17) is 0 Å². The van der Waals surface area contributed by atoms with Gasteiger partial charge >= 0.3 is 0 Å². The Hall–Kier alpha value is -2.14. The lowest BCUT2D eigenvalue weighted by molar-refractivity contribution is 0.0790. The predicted octanol–water partition coefficient (Wildman–Crippen LogP) is 2.43. The zero-order valence-corrected chi connectivity index (χ0v) is 14.5. The zero-order valence-electron chi connectivity index (χ0n) is 14.5. The molecule has 0 spiro atoms. The number of piperidine rings is 1. The smallest absolute Gasteiger partial charge is 0.253 e. The van der Waals surface area contributed by atoms with Crippen molar-refractivity contribution < 1.29 is 4.79 Å². The van der Waals surface area contributed by atoms with Crippen LogP contribution in [-0.2, 0) is 6.54 Å². The Kier molecular flexibility index (Phi) is 5.30. The summed E-state index contributed by atoms with van der Waals surface area (Å²) in [6, 6.07) is 8.15. The number of amides is 1. The molecule has 0 bridgehead atoms. The molecule has 1 N–H and O–H groups in total. The summed E-state index contributed by atoms with van der Waals surface area (Å²) in [4.78, 5) is 18.5. The third-order valence-corrected chi connectivity index (χ3v) is 4.87. The Morgan fingerprint density at radius 2 is 2.17 bits per heavy atom. The summed E-state index contributed by atoms with van der Waals surface area (Å²) < 4.78 is 2.06. The fraction of sp³-hybridized carbons (Fsp3) is 0.474. The second kappa shape index (κ2) is 7.62. The van der Waals surface area contributed by atoms with Gasteiger partial charge in [0.05, 0.1) is 0 Å². The Labute approximate surface area is 143 Å². The molecule has 1 saturated heterocycles. The molecule has 1 aromatic heterocycles. The second-order valence-corrected chi connectivity index (χ2v) is 6.56. The molecule has 2 heterocycles.